The first-order valence-corrected chi connectivity index (χ1v) is 11.9. The van der Waals surface area contributed by atoms with Gasteiger partial charge >= 0.3 is 0 Å². The predicted octanol–water partition coefficient (Wildman–Crippen LogP) is 3.37. The fourth-order valence-corrected chi connectivity index (χ4v) is 5.08. The van der Waals surface area contributed by atoms with Gasteiger partial charge in [-0.2, -0.15) is 4.31 Å². The van der Waals surface area contributed by atoms with Gasteiger partial charge in [-0.25, -0.2) is 13.4 Å². The van der Waals surface area contributed by atoms with E-state index >= 15 is 0 Å². The minimum atomic E-state index is -3.54. The van der Waals surface area contributed by atoms with Crippen LogP contribution in [-0.2, 0) is 14.8 Å². The van der Waals surface area contributed by atoms with Crippen LogP contribution in [0.2, 0.25) is 0 Å². The zero-order valence-electron chi connectivity index (χ0n) is 17.6. The maximum Gasteiger partial charge on any atom is 0.259 e. The van der Waals surface area contributed by atoms with Crippen LogP contribution >= 0.6 is 0 Å². The summed E-state index contributed by atoms with van der Waals surface area (Å²) in [7, 11) is -3.54. The molecule has 3 heterocycles. The fourth-order valence-electron chi connectivity index (χ4n) is 3.67. The Morgan fingerprint density at radius 1 is 0.939 bits per heavy atom. The van der Waals surface area contributed by atoms with Crippen LogP contribution in [0.4, 0.5) is 0 Å². The number of nitrogens with zero attached hydrogens (tertiary/aromatic N) is 2. The number of aromatic amines is 1. The minimum Gasteiger partial charge on any atom is -0.457 e. The van der Waals surface area contributed by atoms with Crippen molar-refractivity contribution in [3.05, 3.63) is 82.6 Å². The molecule has 9 heteroatoms. The van der Waals surface area contributed by atoms with Gasteiger partial charge in [0.2, 0.25) is 10.0 Å². The minimum absolute atomic E-state index is 0.201. The number of H-pyrrole nitrogens is 1. The van der Waals surface area contributed by atoms with Crippen molar-refractivity contribution in [2.75, 3.05) is 26.3 Å². The quantitative estimate of drug-likeness (QED) is 0.487. The number of rotatable bonds is 5. The highest BCUT2D eigenvalue weighted by molar-refractivity contribution is 7.89. The zero-order chi connectivity index (χ0) is 22.8. The second-order valence-electron chi connectivity index (χ2n) is 7.54. The number of nitrogens with one attached hydrogen (secondary N) is 1. The first kappa shape index (κ1) is 21.3. The monoisotopic (exact) mass is 463 g/mol. The molecule has 0 spiro atoms. The molecule has 2 aromatic heterocycles. The summed E-state index contributed by atoms with van der Waals surface area (Å²) in [5.41, 5.74) is 1.17. The Kier molecular flexibility index (Phi) is 5.67. The number of hydrogen-bond acceptors (Lipinski definition) is 6. The summed E-state index contributed by atoms with van der Waals surface area (Å²) in [6.07, 6.45) is 3.39. The molecular weight excluding hydrogens is 442 g/mol. The van der Waals surface area contributed by atoms with Gasteiger partial charge in [0.15, 0.2) is 0 Å². The molecule has 0 radical (unpaired) electrons. The third-order valence-electron chi connectivity index (χ3n) is 5.41. The molecule has 1 fully saturated rings. The lowest BCUT2D eigenvalue weighted by Crippen LogP contribution is -2.40. The smallest absolute Gasteiger partial charge is 0.259 e. The van der Waals surface area contributed by atoms with E-state index < -0.39 is 10.0 Å². The van der Waals surface area contributed by atoms with Gasteiger partial charge in [-0.1, -0.05) is 12.1 Å². The molecule has 2 aromatic carbocycles. The second-order valence-corrected chi connectivity index (χ2v) is 9.48. The number of benzene rings is 2. The van der Waals surface area contributed by atoms with E-state index in [0.29, 0.717) is 54.6 Å². The van der Waals surface area contributed by atoms with Crippen molar-refractivity contribution >= 4 is 33.1 Å². The van der Waals surface area contributed by atoms with Crippen molar-refractivity contribution in [2.45, 2.75) is 4.90 Å². The van der Waals surface area contributed by atoms with Crippen LogP contribution in [0.5, 0.6) is 0 Å². The van der Waals surface area contributed by atoms with Gasteiger partial charge in [0.25, 0.3) is 5.56 Å². The van der Waals surface area contributed by atoms with Crippen LogP contribution in [0.15, 0.2) is 74.8 Å². The average molecular weight is 464 g/mol. The Morgan fingerprint density at radius 2 is 1.70 bits per heavy atom. The topological polar surface area (TPSA) is 106 Å². The number of ether oxygens (including phenoxy) is 1. The average Bonchev–Trinajstić information content (AvgIpc) is 3.33. The number of sulfonamides is 1. The largest absolute Gasteiger partial charge is 0.457 e. The normalized spacial score (nSPS) is 15.4. The van der Waals surface area contributed by atoms with E-state index in [1.54, 1.807) is 60.7 Å². The molecule has 0 saturated carbocycles. The summed E-state index contributed by atoms with van der Waals surface area (Å²) in [5, 5.41) is 0.536. The summed E-state index contributed by atoms with van der Waals surface area (Å²) in [6, 6.07) is 17.4. The van der Waals surface area contributed by atoms with E-state index in [1.165, 1.54) is 4.31 Å². The van der Waals surface area contributed by atoms with Gasteiger partial charge in [-0.15, -0.1) is 0 Å². The number of para-hydroxylation sites is 1. The van der Waals surface area contributed by atoms with E-state index in [4.69, 9.17) is 9.15 Å². The molecule has 1 N–H and O–H groups in total. The van der Waals surface area contributed by atoms with Gasteiger partial charge < -0.3 is 14.1 Å². The molecule has 0 atom stereocenters. The van der Waals surface area contributed by atoms with Crippen LogP contribution in [-0.4, -0.2) is 49.0 Å². The highest BCUT2D eigenvalue weighted by atomic mass is 32.2. The van der Waals surface area contributed by atoms with Crippen LogP contribution in [0.3, 0.4) is 0 Å². The van der Waals surface area contributed by atoms with Crippen LogP contribution < -0.4 is 5.56 Å². The van der Waals surface area contributed by atoms with Crippen molar-refractivity contribution < 1.29 is 17.6 Å². The number of fused-ring (bicyclic) bond motifs is 1. The highest BCUT2D eigenvalue weighted by Gasteiger charge is 2.26. The molecule has 1 aliphatic rings. The van der Waals surface area contributed by atoms with Crippen molar-refractivity contribution in [2.24, 2.45) is 0 Å². The van der Waals surface area contributed by atoms with Crippen molar-refractivity contribution in [1.29, 1.82) is 0 Å². The Balaban J connectivity index is 1.34. The summed E-state index contributed by atoms with van der Waals surface area (Å²) < 4.78 is 38.1. The third kappa shape index (κ3) is 4.38. The highest BCUT2D eigenvalue weighted by Crippen LogP contribution is 2.26. The number of furan rings is 1. The molecule has 0 bridgehead atoms. The molecule has 0 aliphatic carbocycles. The molecule has 0 amide bonds. The summed E-state index contributed by atoms with van der Waals surface area (Å²) >= 11 is 0. The van der Waals surface area contributed by atoms with E-state index in [0.717, 1.165) is 5.56 Å². The lowest BCUT2D eigenvalue weighted by Gasteiger charge is -2.26. The van der Waals surface area contributed by atoms with Crippen molar-refractivity contribution in [1.82, 2.24) is 14.3 Å². The van der Waals surface area contributed by atoms with Gasteiger partial charge in [-0.3, -0.25) is 4.79 Å². The Bertz CT molecular complexity index is 1480. The van der Waals surface area contributed by atoms with Crippen molar-refractivity contribution in [3.8, 4) is 11.3 Å². The lowest BCUT2D eigenvalue weighted by molar-refractivity contribution is 0.0730. The number of hydrogen-bond donors (Lipinski definition) is 1. The second kappa shape index (κ2) is 8.78. The van der Waals surface area contributed by atoms with Crippen LogP contribution in [0.25, 0.3) is 34.4 Å². The van der Waals surface area contributed by atoms with Gasteiger partial charge in [0.1, 0.15) is 17.3 Å². The first-order chi connectivity index (χ1) is 16.0. The molecule has 5 rings (SSSR count). The number of aromatic nitrogens is 2. The maximum atomic E-state index is 12.8. The fraction of sp³-hybridized carbons (Fsp3) is 0.167. The molecule has 1 saturated heterocycles. The van der Waals surface area contributed by atoms with Crippen LogP contribution in [0, 0.1) is 0 Å². The van der Waals surface area contributed by atoms with Gasteiger partial charge in [-0.05, 0) is 60.7 Å². The standard InChI is InChI=1S/C24H21N3O5S/c28-24-20-3-1-2-4-21(20)25-23(26-24)12-8-18-7-11-22(32-18)17-5-9-19(10-6-17)33(29,30)27-13-15-31-16-14-27/h1-12H,13-16H2,(H,25,26,28). The maximum absolute atomic E-state index is 12.8. The molecule has 4 aromatic rings. The SMILES string of the molecule is O=c1[nH]c(C=Cc2ccc(-c3ccc(S(=O)(=O)N4CCOCC4)cc3)o2)nc2ccccc12. The lowest BCUT2D eigenvalue weighted by atomic mass is 10.2. The Labute approximate surface area is 190 Å². The Morgan fingerprint density at radius 3 is 2.48 bits per heavy atom. The molecule has 0 unspecified atom stereocenters. The van der Waals surface area contributed by atoms with Gasteiger partial charge in [0, 0.05) is 18.7 Å². The molecular formula is C24H21N3O5S. The van der Waals surface area contributed by atoms with Crippen molar-refractivity contribution in [3.63, 3.8) is 0 Å². The zero-order valence-corrected chi connectivity index (χ0v) is 18.4. The van der Waals surface area contributed by atoms with E-state index in [9.17, 15) is 13.2 Å². The summed E-state index contributed by atoms with van der Waals surface area (Å²) in [6.45, 7) is 1.52. The Hall–Kier alpha value is -3.53. The van der Waals surface area contributed by atoms with Crippen LogP contribution in [0.1, 0.15) is 11.6 Å². The molecule has 8 nitrogen and oxygen atoms in total. The van der Waals surface area contributed by atoms with E-state index in [2.05, 4.69) is 9.97 Å². The summed E-state index contributed by atoms with van der Waals surface area (Å²) in [4.78, 5) is 19.6. The first-order valence-electron chi connectivity index (χ1n) is 10.5. The summed E-state index contributed by atoms with van der Waals surface area (Å²) in [5.74, 6) is 1.60. The van der Waals surface area contributed by atoms with E-state index in [1.807, 2.05) is 12.1 Å². The third-order valence-corrected chi connectivity index (χ3v) is 7.32. The van der Waals surface area contributed by atoms with E-state index in [-0.39, 0.29) is 10.5 Å². The number of morpholine rings is 1. The molecule has 168 valence electrons. The molecule has 33 heavy (non-hydrogen) atoms. The predicted molar refractivity (Wildman–Crippen MR) is 125 cm³/mol. The molecule has 1 aliphatic heterocycles. The van der Waals surface area contributed by atoms with Gasteiger partial charge in [0.05, 0.1) is 29.0 Å².